The average molecular weight is 434 g/mol. The van der Waals surface area contributed by atoms with Gasteiger partial charge < -0.3 is 44.3 Å². The highest BCUT2D eigenvalue weighted by atomic mass is 16.7. The van der Waals surface area contributed by atoms with Gasteiger partial charge in [0, 0.05) is 31.2 Å². The zero-order chi connectivity index (χ0) is 22.2. The van der Waals surface area contributed by atoms with Crippen LogP contribution in [0.3, 0.4) is 0 Å². The molecule has 0 bridgehead atoms. The summed E-state index contributed by atoms with van der Waals surface area (Å²) in [5, 5.41) is 35.3. The molecule has 0 radical (unpaired) electrons. The molecule has 1 rings (SSSR count). The number of carbonyl (C=O) groups is 1. The highest BCUT2D eigenvalue weighted by molar-refractivity contribution is 5.87. The predicted molar refractivity (Wildman–Crippen MR) is 102 cm³/mol. The molecule has 4 N–H and O–H groups in total. The number of ether oxygens (including phenoxy) is 5. The molecule has 1 aliphatic heterocycles. The third-order valence-corrected chi connectivity index (χ3v) is 3.96. The maximum absolute atomic E-state index is 11.8. The van der Waals surface area contributed by atoms with Gasteiger partial charge in [0.25, 0.3) is 0 Å². The monoisotopic (exact) mass is 434 g/mol. The fourth-order valence-corrected chi connectivity index (χ4v) is 2.41. The number of hydrogen-bond acceptors (Lipinski definition) is 10. The molecule has 0 saturated carbocycles. The van der Waals surface area contributed by atoms with E-state index in [0.29, 0.717) is 33.0 Å². The number of methoxy groups -OCH3 is 1. The topological polar surface area (TPSA) is 185 Å². The molecular weight excluding hydrogens is 404 g/mol. The van der Waals surface area contributed by atoms with Gasteiger partial charge in [0.2, 0.25) is 5.91 Å². The number of carbonyl (C=O) groups excluding carboxylic acids is 1. The Morgan fingerprint density at radius 2 is 1.70 bits per heavy atom. The van der Waals surface area contributed by atoms with E-state index in [-0.39, 0.29) is 19.7 Å². The van der Waals surface area contributed by atoms with Crippen LogP contribution in [0.5, 0.6) is 0 Å². The number of azide groups is 1. The minimum Gasteiger partial charge on any atom is -0.387 e. The van der Waals surface area contributed by atoms with E-state index in [4.69, 9.17) is 29.2 Å². The number of rotatable bonds is 15. The van der Waals surface area contributed by atoms with Crippen molar-refractivity contribution in [3.63, 3.8) is 0 Å². The Bertz CT molecular complexity index is 557. The van der Waals surface area contributed by atoms with Gasteiger partial charge in [-0.1, -0.05) is 5.11 Å². The molecule has 30 heavy (non-hydrogen) atoms. The van der Waals surface area contributed by atoms with Gasteiger partial charge >= 0.3 is 0 Å². The van der Waals surface area contributed by atoms with E-state index in [1.54, 1.807) is 0 Å². The Hall–Kier alpha value is -1.80. The van der Waals surface area contributed by atoms with Crippen LogP contribution in [-0.4, -0.2) is 112 Å². The fourth-order valence-electron chi connectivity index (χ4n) is 2.41. The Labute approximate surface area is 174 Å². The van der Waals surface area contributed by atoms with Crippen LogP contribution in [0.1, 0.15) is 0 Å². The third kappa shape index (κ3) is 10.3. The Morgan fingerprint density at radius 3 is 2.33 bits per heavy atom. The summed E-state index contributed by atoms with van der Waals surface area (Å²) >= 11 is 0. The molecule has 0 spiro atoms. The smallest absolute Gasteiger partial charge is 0.243 e. The van der Waals surface area contributed by atoms with E-state index in [2.05, 4.69) is 15.3 Å². The first-order chi connectivity index (χ1) is 14.5. The Kier molecular flexibility index (Phi) is 14.0. The fraction of sp³-hybridized carbons (Fsp3) is 0.824. The Balaban J connectivity index is 2.06. The quantitative estimate of drug-likeness (QED) is 0.0780. The first kappa shape index (κ1) is 26.2. The van der Waals surface area contributed by atoms with Crippen molar-refractivity contribution in [2.24, 2.45) is 5.11 Å². The van der Waals surface area contributed by atoms with E-state index in [9.17, 15) is 20.1 Å². The molecule has 0 aromatic carbocycles. The molecule has 172 valence electrons. The summed E-state index contributed by atoms with van der Waals surface area (Å²) in [6, 6.07) is 0. The van der Waals surface area contributed by atoms with E-state index in [1.165, 1.54) is 13.2 Å². The normalized spacial score (nSPS) is 26.5. The summed E-state index contributed by atoms with van der Waals surface area (Å²) in [5.41, 5.74) is 8.09. The molecule has 1 amide bonds. The largest absolute Gasteiger partial charge is 0.387 e. The van der Waals surface area contributed by atoms with Gasteiger partial charge in [-0.15, -0.1) is 0 Å². The minimum absolute atomic E-state index is 0.266. The number of aliphatic hydroxyl groups excluding tert-OH is 3. The van der Waals surface area contributed by atoms with Crippen LogP contribution in [0.2, 0.25) is 0 Å². The average Bonchev–Trinajstić information content (AvgIpc) is 2.75. The molecule has 5 atom stereocenters. The van der Waals surface area contributed by atoms with Crippen molar-refractivity contribution in [2.75, 3.05) is 59.8 Å². The molecule has 0 aromatic rings. The van der Waals surface area contributed by atoms with Crippen molar-refractivity contribution in [3.8, 4) is 0 Å². The van der Waals surface area contributed by atoms with Crippen LogP contribution in [0, 0.1) is 0 Å². The molecule has 0 aliphatic carbocycles. The van der Waals surface area contributed by atoms with E-state index in [1.807, 2.05) is 0 Å². The number of nitrogens with zero attached hydrogens (tertiary/aromatic N) is 3. The lowest BCUT2D eigenvalue weighted by Gasteiger charge is -2.38. The van der Waals surface area contributed by atoms with Crippen molar-refractivity contribution in [3.05, 3.63) is 22.6 Å². The molecule has 0 unspecified atom stereocenters. The minimum atomic E-state index is -1.46. The zero-order valence-corrected chi connectivity index (χ0v) is 16.8. The molecule has 1 fully saturated rings. The summed E-state index contributed by atoms with van der Waals surface area (Å²) in [6.07, 6.45) is -3.91. The first-order valence-corrected chi connectivity index (χ1v) is 9.43. The second-order valence-corrected chi connectivity index (χ2v) is 6.12. The second-order valence-electron chi connectivity index (χ2n) is 6.12. The summed E-state index contributed by atoms with van der Waals surface area (Å²) in [6.45, 7) is 2.69. The number of hydrogen-bond donors (Lipinski definition) is 4. The summed E-state index contributed by atoms with van der Waals surface area (Å²) in [7, 11) is 1.29. The van der Waals surface area contributed by atoms with E-state index < -0.39 is 36.6 Å². The van der Waals surface area contributed by atoms with Crippen LogP contribution >= 0.6 is 0 Å². The highest BCUT2D eigenvalue weighted by Gasteiger charge is 2.42. The van der Waals surface area contributed by atoms with Gasteiger partial charge in [0.1, 0.15) is 24.4 Å². The van der Waals surface area contributed by atoms with Crippen molar-refractivity contribution >= 4 is 5.91 Å². The maximum Gasteiger partial charge on any atom is 0.243 e. The van der Waals surface area contributed by atoms with Crippen LogP contribution < -0.4 is 5.32 Å². The van der Waals surface area contributed by atoms with Crippen LogP contribution in [0.15, 0.2) is 17.3 Å². The van der Waals surface area contributed by atoms with Crippen LogP contribution in [-0.2, 0) is 28.5 Å². The second kappa shape index (κ2) is 16.0. The Morgan fingerprint density at radius 1 is 1.07 bits per heavy atom. The van der Waals surface area contributed by atoms with Gasteiger partial charge in [-0.2, -0.15) is 0 Å². The van der Waals surface area contributed by atoms with Gasteiger partial charge in [-0.05, 0) is 11.6 Å². The lowest BCUT2D eigenvalue weighted by molar-refractivity contribution is -0.279. The maximum atomic E-state index is 11.8. The number of nitrogens with one attached hydrogen (secondary N) is 1. The van der Waals surface area contributed by atoms with E-state index in [0.717, 1.165) is 6.08 Å². The van der Waals surface area contributed by atoms with Crippen molar-refractivity contribution in [2.45, 2.75) is 30.7 Å². The van der Waals surface area contributed by atoms with E-state index >= 15 is 0 Å². The summed E-state index contributed by atoms with van der Waals surface area (Å²) in [5.74, 6) is -0.432. The molecule has 1 saturated heterocycles. The molecule has 13 heteroatoms. The molecule has 13 nitrogen and oxygen atoms in total. The lowest BCUT2D eigenvalue weighted by atomic mass is 9.98. The molecule has 0 aromatic heterocycles. The van der Waals surface area contributed by atoms with Gasteiger partial charge in [-0.3, -0.25) is 4.79 Å². The van der Waals surface area contributed by atoms with Crippen molar-refractivity contribution in [1.82, 2.24) is 5.32 Å². The standard InChI is InChI=1S/C17H30N4O9/c1-26-17-16(25)15(24)14(23)12(30-17)2-3-13(22)19-4-6-27-8-10-29-11-9-28-7-5-20-21-18/h2-3,12,14-17,23-25H,4-11H2,1H3,(H,19,22)/b3-2+/t12-,14-,15+,16+,17+/m1/s1. The SMILES string of the molecule is CO[C@H]1O[C@H](/C=C/C(=O)NCCOCCOCCOCCN=[N+]=[N-])[C@@H](O)[C@H](O)[C@@H]1O. The molecule has 1 aliphatic rings. The first-order valence-electron chi connectivity index (χ1n) is 9.43. The van der Waals surface area contributed by atoms with Gasteiger partial charge in [-0.25, -0.2) is 0 Å². The third-order valence-electron chi connectivity index (χ3n) is 3.96. The molecule has 1 heterocycles. The number of aliphatic hydroxyl groups is 3. The highest BCUT2D eigenvalue weighted by Crippen LogP contribution is 2.22. The van der Waals surface area contributed by atoms with Crippen molar-refractivity contribution < 1.29 is 43.8 Å². The van der Waals surface area contributed by atoms with Crippen LogP contribution in [0.4, 0.5) is 0 Å². The summed E-state index contributed by atoms with van der Waals surface area (Å²) < 4.78 is 25.9. The van der Waals surface area contributed by atoms with Crippen molar-refractivity contribution in [1.29, 1.82) is 0 Å². The lowest BCUT2D eigenvalue weighted by Crippen LogP contribution is -2.57. The van der Waals surface area contributed by atoms with Gasteiger partial charge in [0.15, 0.2) is 6.29 Å². The van der Waals surface area contributed by atoms with Crippen LogP contribution in [0.25, 0.3) is 10.4 Å². The van der Waals surface area contributed by atoms with Gasteiger partial charge in [0.05, 0.1) is 39.6 Å². The summed E-state index contributed by atoms with van der Waals surface area (Å²) in [4.78, 5) is 14.4. The zero-order valence-electron chi connectivity index (χ0n) is 16.8. The predicted octanol–water partition coefficient (Wildman–Crippen LogP) is -1.53. The molecular formula is C17H30N4O9. The number of amides is 1.